The quantitative estimate of drug-likeness (QED) is 0.142. The number of amides is 4. The highest BCUT2D eigenvalue weighted by Gasteiger charge is 2.31. The molecule has 2 aliphatic rings. The molecule has 0 atom stereocenters. The molecule has 0 bridgehead atoms. The van der Waals surface area contributed by atoms with Crippen LogP contribution in [-0.2, 0) is 9.59 Å². The number of hydrogen-bond donors (Lipinski definition) is 4. The maximum Gasteiger partial charge on any atom is 0.289 e. The Kier molecular flexibility index (Phi) is 7.71. The van der Waals surface area contributed by atoms with Crippen molar-refractivity contribution < 1.29 is 28.0 Å². The minimum Gasteiger partial charge on any atom is -0.451 e. The van der Waals surface area contributed by atoms with E-state index in [1.807, 2.05) is 0 Å². The van der Waals surface area contributed by atoms with E-state index < -0.39 is 0 Å². The Labute approximate surface area is 257 Å². The van der Waals surface area contributed by atoms with E-state index in [2.05, 4.69) is 0 Å². The average Bonchev–Trinajstić information content (AvgIpc) is 3.68. The van der Waals surface area contributed by atoms with Gasteiger partial charge in [-0.3, -0.25) is 30.0 Å². The Morgan fingerprint density at radius 2 is 0.933 bits per heavy atom. The number of nitrogens with zero attached hydrogens (tertiary/aromatic N) is 4. The number of carbonyl (C=O) groups is 4. The SMILES string of the molecule is N=C(N)c1ccc2oc(C(=O)N3CCN(C(=O)CC(=O)N4CCN(C(=O)c5cc6cc(C(=N)N)ccc6o5)CC4)CC3)cc2c1. The van der Waals surface area contributed by atoms with E-state index >= 15 is 0 Å². The van der Waals surface area contributed by atoms with Gasteiger partial charge in [-0.15, -0.1) is 0 Å². The molecular weight excluding hydrogens is 580 g/mol. The van der Waals surface area contributed by atoms with Crippen molar-refractivity contribution in [2.75, 3.05) is 52.4 Å². The van der Waals surface area contributed by atoms with Crippen molar-refractivity contribution >= 4 is 57.2 Å². The number of piperazine rings is 2. The minimum atomic E-state index is -0.307. The molecular formula is C31H32N8O6. The number of carbonyl (C=O) groups excluding carboxylic acids is 4. The summed E-state index contributed by atoms with van der Waals surface area (Å²) in [5.74, 6) is -1.02. The lowest BCUT2D eigenvalue weighted by Crippen LogP contribution is -2.53. The van der Waals surface area contributed by atoms with Crippen LogP contribution >= 0.6 is 0 Å². The van der Waals surface area contributed by atoms with Crippen molar-refractivity contribution in [2.24, 2.45) is 11.5 Å². The number of rotatable bonds is 6. The van der Waals surface area contributed by atoms with Crippen molar-refractivity contribution in [3.05, 3.63) is 71.2 Å². The Morgan fingerprint density at radius 1 is 0.578 bits per heavy atom. The second-order valence-corrected chi connectivity index (χ2v) is 11.1. The molecule has 0 aliphatic carbocycles. The van der Waals surface area contributed by atoms with Gasteiger partial charge in [-0.1, -0.05) is 0 Å². The average molecular weight is 613 g/mol. The molecule has 0 unspecified atom stereocenters. The maximum atomic E-state index is 13.1. The molecule has 4 heterocycles. The lowest BCUT2D eigenvalue weighted by atomic mass is 10.1. The highest BCUT2D eigenvalue weighted by molar-refractivity contribution is 6.02. The van der Waals surface area contributed by atoms with Crippen LogP contribution in [0, 0.1) is 10.8 Å². The Morgan fingerprint density at radius 3 is 1.29 bits per heavy atom. The number of nitrogens with one attached hydrogen (secondary N) is 2. The molecule has 2 aliphatic heterocycles. The van der Waals surface area contributed by atoms with E-state index in [1.165, 1.54) is 0 Å². The molecule has 2 saturated heterocycles. The molecule has 4 amide bonds. The van der Waals surface area contributed by atoms with Gasteiger partial charge in [0.05, 0.1) is 0 Å². The van der Waals surface area contributed by atoms with Crippen LogP contribution in [0.25, 0.3) is 21.9 Å². The van der Waals surface area contributed by atoms with E-state index in [4.69, 9.17) is 31.1 Å². The third-order valence-corrected chi connectivity index (χ3v) is 8.22. The molecule has 45 heavy (non-hydrogen) atoms. The van der Waals surface area contributed by atoms with Crippen LogP contribution in [0.4, 0.5) is 0 Å². The Balaban J connectivity index is 0.975. The van der Waals surface area contributed by atoms with Crippen molar-refractivity contribution in [3.8, 4) is 0 Å². The number of hydrogen-bond acceptors (Lipinski definition) is 8. The zero-order chi connectivity index (χ0) is 31.8. The van der Waals surface area contributed by atoms with E-state index in [-0.39, 0.29) is 53.2 Å². The summed E-state index contributed by atoms with van der Waals surface area (Å²) in [4.78, 5) is 58.4. The summed E-state index contributed by atoms with van der Waals surface area (Å²) >= 11 is 0. The fraction of sp³-hybridized carbons (Fsp3) is 0.290. The van der Waals surface area contributed by atoms with Crippen LogP contribution in [0.5, 0.6) is 0 Å². The third kappa shape index (κ3) is 5.94. The summed E-state index contributed by atoms with van der Waals surface area (Å²) in [5, 5.41) is 16.5. The smallest absolute Gasteiger partial charge is 0.289 e. The summed E-state index contributed by atoms with van der Waals surface area (Å²) in [7, 11) is 0. The van der Waals surface area contributed by atoms with Crippen LogP contribution in [0.15, 0.2) is 57.4 Å². The van der Waals surface area contributed by atoms with Crippen LogP contribution < -0.4 is 11.5 Å². The van der Waals surface area contributed by atoms with Gasteiger partial charge in [0.25, 0.3) is 11.8 Å². The van der Waals surface area contributed by atoms with Gasteiger partial charge in [0, 0.05) is 74.3 Å². The highest BCUT2D eigenvalue weighted by Crippen LogP contribution is 2.24. The van der Waals surface area contributed by atoms with Crippen LogP contribution in [0.3, 0.4) is 0 Å². The molecule has 6 rings (SSSR count). The minimum absolute atomic E-state index is 0.0758. The van der Waals surface area contributed by atoms with Gasteiger partial charge in [0.2, 0.25) is 11.8 Å². The second-order valence-electron chi connectivity index (χ2n) is 11.1. The molecule has 2 aromatic carbocycles. The third-order valence-electron chi connectivity index (χ3n) is 8.22. The van der Waals surface area contributed by atoms with Gasteiger partial charge in [0.15, 0.2) is 11.5 Å². The standard InChI is InChI=1S/C31H32N8O6/c32-28(33)18-1-3-22-20(13-18)15-24(44-22)30(42)38-9-5-36(6-10-38)26(40)17-27(41)37-7-11-39(12-8-37)31(43)25-16-21-14-19(29(34)35)2-4-23(21)45-25/h1-4,13-16H,5-12,17H2,(H3,32,33)(H3,34,35). The number of amidine groups is 2. The van der Waals surface area contributed by atoms with Gasteiger partial charge in [-0.05, 0) is 48.5 Å². The first-order valence-electron chi connectivity index (χ1n) is 14.5. The van der Waals surface area contributed by atoms with Gasteiger partial charge >= 0.3 is 0 Å². The van der Waals surface area contributed by atoms with Gasteiger partial charge in [-0.25, -0.2) is 0 Å². The normalized spacial score (nSPS) is 15.5. The van der Waals surface area contributed by atoms with Crippen LogP contribution in [0.2, 0.25) is 0 Å². The summed E-state index contributed by atoms with van der Waals surface area (Å²) in [6, 6.07) is 13.3. The monoisotopic (exact) mass is 612 g/mol. The molecule has 14 heteroatoms. The molecule has 4 aromatic rings. The summed E-state index contributed by atoms with van der Waals surface area (Å²) < 4.78 is 11.4. The zero-order valence-electron chi connectivity index (χ0n) is 24.4. The molecule has 0 saturated carbocycles. The summed E-state index contributed by atoms with van der Waals surface area (Å²) in [6.45, 7) is 2.36. The zero-order valence-corrected chi connectivity index (χ0v) is 24.4. The number of nitrogens with two attached hydrogens (primary N) is 2. The second kappa shape index (κ2) is 11.8. The summed E-state index contributed by atoms with van der Waals surface area (Å²) in [6.07, 6.45) is -0.286. The lowest BCUT2D eigenvalue weighted by Gasteiger charge is -2.36. The summed E-state index contributed by atoms with van der Waals surface area (Å²) in [5.41, 5.74) is 13.2. The van der Waals surface area contributed by atoms with Crippen molar-refractivity contribution in [1.82, 2.24) is 19.6 Å². The number of furan rings is 2. The topological polar surface area (TPSA) is 207 Å². The molecule has 14 nitrogen and oxygen atoms in total. The van der Waals surface area contributed by atoms with E-state index in [0.29, 0.717) is 85.4 Å². The number of fused-ring (bicyclic) bond motifs is 2. The molecule has 232 valence electrons. The molecule has 2 fully saturated rings. The Bertz CT molecular complexity index is 1730. The lowest BCUT2D eigenvalue weighted by molar-refractivity contribution is -0.142. The molecule has 0 spiro atoms. The van der Waals surface area contributed by atoms with Crippen molar-refractivity contribution in [2.45, 2.75) is 6.42 Å². The largest absolute Gasteiger partial charge is 0.451 e. The first kappa shape index (κ1) is 29.4. The van der Waals surface area contributed by atoms with Crippen LogP contribution in [0.1, 0.15) is 38.7 Å². The van der Waals surface area contributed by atoms with E-state index in [1.54, 1.807) is 68.1 Å². The van der Waals surface area contributed by atoms with Gasteiger partial charge in [-0.2, -0.15) is 0 Å². The molecule has 0 radical (unpaired) electrons. The predicted molar refractivity (Wildman–Crippen MR) is 164 cm³/mol. The number of nitrogen functional groups attached to an aromatic ring is 2. The predicted octanol–water partition coefficient (Wildman–Crippen LogP) is 1.41. The van der Waals surface area contributed by atoms with E-state index in [9.17, 15) is 19.2 Å². The number of benzene rings is 2. The maximum absolute atomic E-state index is 13.1. The van der Waals surface area contributed by atoms with Gasteiger partial charge < -0.3 is 39.9 Å². The van der Waals surface area contributed by atoms with Crippen molar-refractivity contribution in [1.29, 1.82) is 10.8 Å². The van der Waals surface area contributed by atoms with Gasteiger partial charge in [0.1, 0.15) is 29.3 Å². The fourth-order valence-corrected chi connectivity index (χ4v) is 5.62. The Hall–Kier alpha value is -5.66. The first-order valence-corrected chi connectivity index (χ1v) is 14.5. The van der Waals surface area contributed by atoms with E-state index in [0.717, 1.165) is 0 Å². The fourth-order valence-electron chi connectivity index (χ4n) is 5.62. The first-order chi connectivity index (χ1) is 21.6. The van der Waals surface area contributed by atoms with Crippen LogP contribution in [-0.4, -0.2) is 107 Å². The van der Waals surface area contributed by atoms with Crippen molar-refractivity contribution in [3.63, 3.8) is 0 Å². The molecule has 6 N–H and O–H groups in total. The molecule has 2 aromatic heterocycles. The highest BCUT2D eigenvalue weighted by atomic mass is 16.4.